The molecule has 0 fully saturated rings. The molecule has 0 aliphatic carbocycles. The number of rotatable bonds is 24. The number of benzene rings is 2. The Bertz CT molecular complexity index is 1770. The van der Waals surface area contributed by atoms with Crippen LogP contribution in [0, 0.1) is 0 Å². The van der Waals surface area contributed by atoms with Crippen molar-refractivity contribution in [2.75, 3.05) is 19.6 Å². The monoisotopic (exact) mass is 828 g/mol. The summed E-state index contributed by atoms with van der Waals surface area (Å²) >= 11 is 0. The highest BCUT2D eigenvalue weighted by molar-refractivity contribution is 6.41. The third-order valence-electron chi connectivity index (χ3n) is 8.49. The van der Waals surface area contributed by atoms with Crippen LogP contribution in [0.25, 0.3) is 11.1 Å². The number of aliphatic hydroxyl groups excluding tert-OH is 2. The molecular formula is C36H53BN10O12. The summed E-state index contributed by atoms with van der Waals surface area (Å²) in [7, 11) is -1.92. The number of carbonyl (C=O) groups is 8. The first kappa shape index (κ1) is 49.2. The van der Waals surface area contributed by atoms with Crippen molar-refractivity contribution in [2.24, 2.45) is 17.2 Å². The van der Waals surface area contributed by atoms with E-state index in [-0.39, 0.29) is 18.4 Å². The second-order valence-corrected chi connectivity index (χ2v) is 13.4. The molecule has 322 valence electrons. The van der Waals surface area contributed by atoms with Crippen LogP contribution in [0.4, 0.5) is 0 Å². The van der Waals surface area contributed by atoms with Crippen LogP contribution in [-0.4, -0.2) is 131 Å². The number of amides is 8. The minimum absolute atomic E-state index is 0.189. The molecule has 2 aromatic rings. The Morgan fingerprint density at radius 3 is 1.83 bits per heavy atom. The average Bonchev–Trinajstić information content (AvgIpc) is 3.20. The molecule has 0 spiro atoms. The molecule has 0 aliphatic heterocycles. The van der Waals surface area contributed by atoms with Crippen LogP contribution in [0.5, 0.6) is 0 Å². The van der Waals surface area contributed by atoms with E-state index in [1.807, 2.05) is 29.6 Å². The van der Waals surface area contributed by atoms with Crippen molar-refractivity contribution in [1.29, 1.82) is 0 Å². The van der Waals surface area contributed by atoms with Crippen LogP contribution in [0.1, 0.15) is 55.5 Å². The van der Waals surface area contributed by atoms with Crippen LogP contribution in [0.15, 0.2) is 48.5 Å². The van der Waals surface area contributed by atoms with E-state index in [0.29, 0.717) is 0 Å². The summed E-state index contributed by atoms with van der Waals surface area (Å²) < 4.78 is 0. The molecule has 2 aromatic carbocycles. The normalized spacial score (nSPS) is 13.8. The molecule has 8 amide bonds. The Labute approximate surface area is 339 Å². The molecule has 0 aliphatic rings. The average molecular weight is 829 g/mol. The lowest BCUT2D eigenvalue weighted by molar-refractivity contribution is -0.135. The molecule has 23 heteroatoms. The van der Waals surface area contributed by atoms with E-state index in [4.69, 9.17) is 27.2 Å². The molecule has 2 rings (SSSR count). The van der Waals surface area contributed by atoms with Crippen molar-refractivity contribution in [3.8, 4) is 11.1 Å². The summed E-state index contributed by atoms with van der Waals surface area (Å²) in [5, 5.41) is 52.9. The van der Waals surface area contributed by atoms with Gasteiger partial charge in [0.15, 0.2) is 12.3 Å². The maximum absolute atomic E-state index is 12.9. The predicted molar refractivity (Wildman–Crippen MR) is 211 cm³/mol. The highest BCUT2D eigenvalue weighted by Crippen LogP contribution is 2.21. The lowest BCUT2D eigenvalue weighted by atomic mass is 9.92. The van der Waals surface area contributed by atoms with Crippen molar-refractivity contribution in [3.63, 3.8) is 0 Å². The third-order valence-corrected chi connectivity index (χ3v) is 8.49. The van der Waals surface area contributed by atoms with Gasteiger partial charge in [-0.15, -0.1) is 0 Å². The molecule has 22 nitrogen and oxygen atoms in total. The molecule has 17 N–H and O–H groups in total. The quantitative estimate of drug-likeness (QED) is 0.0347. The molecule has 59 heavy (non-hydrogen) atoms. The fourth-order valence-corrected chi connectivity index (χ4v) is 5.16. The van der Waals surface area contributed by atoms with E-state index in [2.05, 4.69) is 38.8 Å². The van der Waals surface area contributed by atoms with E-state index in [1.54, 1.807) is 24.3 Å². The standard InChI is InChI=1S/C36H53BN10O12/c1-3-4-5-20-6-8-21(9-7-20)22-10-12-23(13-11-22)31(52)44-25(17-48)33(54)46-29(39)35(56)41-16-27(51)45-28(19(2)49)34(55)47-30(40)36(57)43-24(14-15-26(38)50)32(53)42-18-37(58)59/h6-13,19,24-25,28-30,48-49,58-59H,3-5,14-18,39-40H2,1-2H3,(H2,38,50)(H,41,56)(H,42,53)(H,43,57)(H,44,52)(H,45,51)(H,46,54)(H,47,55)/t19?,24-,25+,28-,29-,30+/m0/s1. The third kappa shape index (κ3) is 17.2. The lowest BCUT2D eigenvalue weighted by Crippen LogP contribution is -2.62. The Morgan fingerprint density at radius 2 is 1.29 bits per heavy atom. The van der Waals surface area contributed by atoms with Gasteiger partial charge < -0.3 is 74.7 Å². The van der Waals surface area contributed by atoms with Gasteiger partial charge in [-0.2, -0.15) is 0 Å². The lowest BCUT2D eigenvalue weighted by Gasteiger charge is -2.24. The topological polar surface area (TPSA) is 380 Å². The van der Waals surface area contributed by atoms with Crippen molar-refractivity contribution in [1.82, 2.24) is 37.2 Å². The maximum Gasteiger partial charge on any atom is 0.472 e. The van der Waals surface area contributed by atoms with Gasteiger partial charge in [-0.05, 0) is 55.0 Å². The zero-order valence-electron chi connectivity index (χ0n) is 32.6. The largest absolute Gasteiger partial charge is 0.472 e. The smallest absolute Gasteiger partial charge is 0.426 e. The highest BCUT2D eigenvalue weighted by Gasteiger charge is 2.31. The number of primary amides is 1. The number of hydrogen-bond donors (Lipinski definition) is 14. The second-order valence-electron chi connectivity index (χ2n) is 13.4. The number of nitrogens with two attached hydrogens (primary N) is 3. The fourth-order valence-electron chi connectivity index (χ4n) is 5.16. The van der Waals surface area contributed by atoms with Gasteiger partial charge in [0.05, 0.1) is 25.7 Å². The number of hydrogen-bond acceptors (Lipinski definition) is 14. The van der Waals surface area contributed by atoms with Crippen LogP contribution in [0.2, 0.25) is 0 Å². The Hall–Kier alpha value is -5.98. The van der Waals surface area contributed by atoms with Gasteiger partial charge in [0.2, 0.25) is 29.5 Å². The van der Waals surface area contributed by atoms with Crippen LogP contribution in [-0.2, 0) is 40.0 Å². The number of unbranched alkanes of at least 4 members (excludes halogenated alkanes) is 1. The number of nitrogens with one attached hydrogen (secondary N) is 7. The predicted octanol–water partition coefficient (Wildman–Crippen LogP) is -5.55. The SMILES string of the molecule is CCCCc1ccc(-c2ccc(C(=O)N[C@H](CO)C(=O)N[C@H](N)C(=O)NCC(=O)N[C@H](C(=O)N[C@@H](N)C(=O)N[C@@H](CCC(N)=O)C(=O)NCB(O)O)C(C)O)cc2)cc1. The van der Waals surface area contributed by atoms with Gasteiger partial charge in [0, 0.05) is 12.0 Å². The molecule has 6 atom stereocenters. The fraction of sp³-hybridized carbons (Fsp3) is 0.444. The number of aryl methyl sites for hydroxylation is 1. The van der Waals surface area contributed by atoms with Crippen molar-refractivity contribution in [3.05, 3.63) is 59.7 Å². The first-order valence-corrected chi connectivity index (χ1v) is 18.6. The van der Waals surface area contributed by atoms with Crippen LogP contribution < -0.4 is 54.4 Å². The van der Waals surface area contributed by atoms with E-state index in [1.165, 1.54) is 5.56 Å². The summed E-state index contributed by atoms with van der Waals surface area (Å²) in [4.78, 5) is 99.9. The first-order chi connectivity index (χ1) is 27.9. The minimum atomic E-state index is -1.92. The van der Waals surface area contributed by atoms with E-state index >= 15 is 0 Å². The molecular weight excluding hydrogens is 775 g/mol. The Balaban J connectivity index is 1.89. The number of carbonyl (C=O) groups excluding carboxylic acids is 8. The molecule has 0 bridgehead atoms. The van der Waals surface area contributed by atoms with Gasteiger partial charge in [-0.3, -0.25) is 38.4 Å². The first-order valence-electron chi connectivity index (χ1n) is 18.6. The molecule has 0 aromatic heterocycles. The summed E-state index contributed by atoms with van der Waals surface area (Å²) in [6.07, 6.45) is -3.35. The molecule has 1 unspecified atom stereocenters. The summed E-state index contributed by atoms with van der Waals surface area (Å²) in [6, 6.07) is 9.95. The Kier molecular flexibility index (Phi) is 20.6. The summed E-state index contributed by atoms with van der Waals surface area (Å²) in [5.41, 5.74) is 19.8. The summed E-state index contributed by atoms with van der Waals surface area (Å²) in [5.74, 6) is -7.92. The zero-order valence-corrected chi connectivity index (χ0v) is 32.6. The maximum atomic E-state index is 12.9. The highest BCUT2D eigenvalue weighted by atomic mass is 16.4. The van der Waals surface area contributed by atoms with Gasteiger partial charge in [0.25, 0.3) is 17.7 Å². The van der Waals surface area contributed by atoms with Gasteiger partial charge in [0.1, 0.15) is 18.1 Å². The molecule has 0 radical (unpaired) electrons. The van der Waals surface area contributed by atoms with Gasteiger partial charge >= 0.3 is 7.12 Å². The van der Waals surface area contributed by atoms with Gasteiger partial charge in [-0.25, -0.2) is 0 Å². The van der Waals surface area contributed by atoms with E-state index in [9.17, 15) is 48.6 Å². The van der Waals surface area contributed by atoms with Gasteiger partial charge in [-0.1, -0.05) is 49.7 Å². The van der Waals surface area contributed by atoms with Crippen LogP contribution in [0.3, 0.4) is 0 Å². The molecule has 0 saturated heterocycles. The number of aliphatic hydroxyl groups is 2. The van der Waals surface area contributed by atoms with E-state index in [0.717, 1.165) is 37.3 Å². The zero-order chi connectivity index (χ0) is 44.2. The molecule has 0 saturated carbocycles. The van der Waals surface area contributed by atoms with Crippen molar-refractivity contribution >= 4 is 54.4 Å². The van der Waals surface area contributed by atoms with Crippen molar-refractivity contribution in [2.45, 2.75) is 82.5 Å². The minimum Gasteiger partial charge on any atom is -0.426 e. The van der Waals surface area contributed by atoms with E-state index < -0.39 is 111 Å². The Morgan fingerprint density at radius 1 is 0.712 bits per heavy atom. The van der Waals surface area contributed by atoms with Crippen molar-refractivity contribution < 1.29 is 58.6 Å². The molecule has 0 heterocycles. The van der Waals surface area contributed by atoms with Crippen LogP contribution >= 0.6 is 0 Å². The second kappa shape index (κ2) is 24.7. The summed E-state index contributed by atoms with van der Waals surface area (Å²) in [6.45, 7) is 1.55.